The number of ether oxygens (including phenoxy) is 1. The molecule has 5 nitrogen and oxygen atoms in total. The van der Waals surface area contributed by atoms with Crippen molar-refractivity contribution in [1.82, 2.24) is 4.31 Å². The summed E-state index contributed by atoms with van der Waals surface area (Å²) in [6.45, 7) is 2.74. The quantitative estimate of drug-likeness (QED) is 0.807. The number of hydrogen-bond acceptors (Lipinski definition) is 4. The molecule has 0 aliphatic carbocycles. The van der Waals surface area contributed by atoms with Gasteiger partial charge in [0.15, 0.2) is 0 Å². The highest BCUT2D eigenvalue weighted by molar-refractivity contribution is 7.89. The second kappa shape index (κ2) is 4.83. The summed E-state index contributed by atoms with van der Waals surface area (Å²) in [7, 11) is -3.83. The van der Waals surface area contributed by atoms with Crippen LogP contribution >= 0.6 is 0 Å². The van der Waals surface area contributed by atoms with E-state index in [0.29, 0.717) is 18.8 Å². The molecule has 2 rings (SSSR count). The number of aryl methyl sites for hydroxylation is 1. The van der Waals surface area contributed by atoms with E-state index in [-0.39, 0.29) is 23.7 Å². The van der Waals surface area contributed by atoms with E-state index in [1.54, 1.807) is 6.92 Å². The smallest absolute Gasteiger partial charge is 0.246 e. The monoisotopic (exact) mass is 274 g/mol. The fraction of sp³-hybridized carbons (Fsp3) is 0.455. The number of hydrogen-bond donors (Lipinski definition) is 1. The Morgan fingerprint density at radius 3 is 2.56 bits per heavy atom. The maximum Gasteiger partial charge on any atom is 0.246 e. The summed E-state index contributed by atoms with van der Waals surface area (Å²) in [5.74, 6) is -0.770. The summed E-state index contributed by atoms with van der Waals surface area (Å²) in [6.07, 6.45) is 0. The first kappa shape index (κ1) is 13.3. The van der Waals surface area contributed by atoms with Crippen LogP contribution in [-0.4, -0.2) is 39.0 Å². The Balaban J connectivity index is 2.43. The predicted octanol–water partition coefficient (Wildman–Crippen LogP) is 0.737. The molecular weight excluding hydrogens is 259 g/mol. The molecule has 1 aliphatic heterocycles. The van der Waals surface area contributed by atoms with Gasteiger partial charge in [-0.25, -0.2) is 12.8 Å². The van der Waals surface area contributed by atoms with Crippen molar-refractivity contribution in [3.05, 3.63) is 23.5 Å². The Bertz CT molecular complexity index is 554. The number of benzene rings is 1. The minimum absolute atomic E-state index is 0.232. The largest absolute Gasteiger partial charge is 0.398 e. The summed E-state index contributed by atoms with van der Waals surface area (Å²) in [5, 5.41) is 0. The SMILES string of the molecule is Cc1cc(F)c(S(=O)(=O)N2CCOCC2)cc1N. The Morgan fingerprint density at radius 2 is 1.94 bits per heavy atom. The second-order valence-electron chi connectivity index (χ2n) is 4.16. The normalized spacial score (nSPS) is 17.9. The third-order valence-electron chi connectivity index (χ3n) is 2.91. The standard InChI is InChI=1S/C11H15FN2O3S/c1-8-6-9(12)11(7-10(8)13)18(15,16)14-2-4-17-5-3-14/h6-7H,2-5,13H2,1H3. The van der Waals surface area contributed by atoms with Crippen molar-refractivity contribution < 1.29 is 17.5 Å². The van der Waals surface area contributed by atoms with Crippen LogP contribution < -0.4 is 5.73 Å². The van der Waals surface area contributed by atoms with Crippen LogP contribution in [0.5, 0.6) is 0 Å². The molecular formula is C11H15FN2O3S. The van der Waals surface area contributed by atoms with Crippen molar-refractivity contribution in [2.24, 2.45) is 0 Å². The molecule has 1 aromatic rings. The molecule has 100 valence electrons. The van der Waals surface area contributed by atoms with Gasteiger partial charge in [-0.1, -0.05) is 0 Å². The van der Waals surface area contributed by atoms with E-state index in [2.05, 4.69) is 0 Å². The van der Waals surface area contributed by atoms with Gasteiger partial charge in [0.1, 0.15) is 10.7 Å². The number of halogens is 1. The number of anilines is 1. The van der Waals surface area contributed by atoms with Crippen LogP contribution in [0, 0.1) is 12.7 Å². The first-order valence-electron chi connectivity index (χ1n) is 5.56. The van der Waals surface area contributed by atoms with E-state index in [9.17, 15) is 12.8 Å². The summed E-state index contributed by atoms with van der Waals surface area (Å²) < 4.78 is 44.6. The van der Waals surface area contributed by atoms with Crippen LogP contribution in [0.4, 0.5) is 10.1 Å². The molecule has 7 heteroatoms. The van der Waals surface area contributed by atoms with Gasteiger partial charge in [-0.3, -0.25) is 0 Å². The van der Waals surface area contributed by atoms with Crippen LogP contribution in [0.1, 0.15) is 5.56 Å². The molecule has 1 aliphatic rings. The number of sulfonamides is 1. The highest BCUT2D eigenvalue weighted by atomic mass is 32.2. The minimum Gasteiger partial charge on any atom is -0.398 e. The van der Waals surface area contributed by atoms with E-state index in [1.165, 1.54) is 10.4 Å². The average molecular weight is 274 g/mol. The van der Waals surface area contributed by atoms with E-state index in [1.807, 2.05) is 0 Å². The lowest BCUT2D eigenvalue weighted by molar-refractivity contribution is 0.0729. The summed E-state index contributed by atoms with van der Waals surface area (Å²) in [5.41, 5.74) is 6.43. The lowest BCUT2D eigenvalue weighted by atomic mass is 10.2. The van der Waals surface area contributed by atoms with Crippen molar-refractivity contribution in [1.29, 1.82) is 0 Å². The van der Waals surface area contributed by atoms with Crippen molar-refractivity contribution in [3.63, 3.8) is 0 Å². The third-order valence-corrected chi connectivity index (χ3v) is 4.82. The van der Waals surface area contributed by atoms with Crippen LogP contribution in [0.15, 0.2) is 17.0 Å². The maximum absolute atomic E-state index is 13.8. The van der Waals surface area contributed by atoms with Gasteiger partial charge >= 0.3 is 0 Å². The van der Waals surface area contributed by atoms with Gasteiger partial charge in [0.05, 0.1) is 13.2 Å². The summed E-state index contributed by atoms with van der Waals surface area (Å²) in [6, 6.07) is 2.32. The van der Waals surface area contributed by atoms with E-state index < -0.39 is 15.8 Å². The molecule has 1 heterocycles. The molecule has 0 atom stereocenters. The average Bonchev–Trinajstić information content (AvgIpc) is 2.34. The number of nitrogens with two attached hydrogens (primary N) is 1. The summed E-state index contributed by atoms with van der Waals surface area (Å²) in [4.78, 5) is -0.368. The maximum atomic E-state index is 13.8. The van der Waals surface area contributed by atoms with Gasteiger partial charge in [0.2, 0.25) is 10.0 Å². The molecule has 1 aromatic carbocycles. The van der Waals surface area contributed by atoms with Gasteiger partial charge in [0, 0.05) is 18.8 Å². The molecule has 0 unspecified atom stereocenters. The van der Waals surface area contributed by atoms with Crippen LogP contribution in [0.25, 0.3) is 0 Å². The number of nitrogen functional groups attached to an aromatic ring is 1. The van der Waals surface area contributed by atoms with Crippen LogP contribution in [0.2, 0.25) is 0 Å². The predicted molar refractivity (Wildman–Crippen MR) is 65.1 cm³/mol. The fourth-order valence-electron chi connectivity index (χ4n) is 1.79. The molecule has 0 saturated carbocycles. The van der Waals surface area contributed by atoms with Gasteiger partial charge < -0.3 is 10.5 Å². The molecule has 2 N–H and O–H groups in total. The molecule has 0 spiro atoms. The zero-order valence-corrected chi connectivity index (χ0v) is 10.8. The van der Waals surface area contributed by atoms with Crippen LogP contribution in [-0.2, 0) is 14.8 Å². The lowest BCUT2D eigenvalue weighted by Gasteiger charge is -2.26. The molecule has 0 radical (unpaired) electrons. The van der Waals surface area contributed by atoms with Gasteiger partial charge in [-0.05, 0) is 24.6 Å². The zero-order valence-electron chi connectivity index (χ0n) is 10.0. The van der Waals surface area contributed by atoms with E-state index in [0.717, 1.165) is 6.07 Å². The Labute approximate surface area is 105 Å². The molecule has 1 fully saturated rings. The van der Waals surface area contributed by atoms with Gasteiger partial charge in [-0.2, -0.15) is 4.31 Å². The van der Waals surface area contributed by atoms with Crippen molar-refractivity contribution in [3.8, 4) is 0 Å². The van der Waals surface area contributed by atoms with E-state index in [4.69, 9.17) is 10.5 Å². The zero-order chi connectivity index (χ0) is 13.3. The topological polar surface area (TPSA) is 72.6 Å². The number of nitrogens with zero attached hydrogens (tertiary/aromatic N) is 1. The Morgan fingerprint density at radius 1 is 1.33 bits per heavy atom. The van der Waals surface area contributed by atoms with Crippen molar-refractivity contribution in [2.75, 3.05) is 32.0 Å². The Kier molecular flexibility index (Phi) is 3.56. The second-order valence-corrected chi connectivity index (χ2v) is 6.06. The fourth-order valence-corrected chi connectivity index (χ4v) is 3.28. The first-order chi connectivity index (χ1) is 8.43. The van der Waals surface area contributed by atoms with E-state index >= 15 is 0 Å². The summed E-state index contributed by atoms with van der Waals surface area (Å²) >= 11 is 0. The minimum atomic E-state index is -3.83. The Hall–Kier alpha value is -1.18. The molecule has 0 amide bonds. The van der Waals surface area contributed by atoms with Crippen LogP contribution in [0.3, 0.4) is 0 Å². The number of morpholine rings is 1. The molecule has 1 saturated heterocycles. The highest BCUT2D eigenvalue weighted by Crippen LogP contribution is 2.24. The first-order valence-corrected chi connectivity index (χ1v) is 7.00. The van der Waals surface area contributed by atoms with Crippen molar-refractivity contribution in [2.45, 2.75) is 11.8 Å². The van der Waals surface area contributed by atoms with Gasteiger partial charge in [-0.15, -0.1) is 0 Å². The van der Waals surface area contributed by atoms with Crippen molar-refractivity contribution >= 4 is 15.7 Å². The lowest BCUT2D eigenvalue weighted by Crippen LogP contribution is -2.40. The molecule has 0 bridgehead atoms. The number of rotatable bonds is 2. The molecule has 0 aromatic heterocycles. The highest BCUT2D eigenvalue weighted by Gasteiger charge is 2.29. The molecule has 18 heavy (non-hydrogen) atoms. The third kappa shape index (κ3) is 2.33. The van der Waals surface area contributed by atoms with Gasteiger partial charge in [0.25, 0.3) is 0 Å².